The van der Waals surface area contributed by atoms with Crippen molar-refractivity contribution >= 4 is 6.08 Å². The van der Waals surface area contributed by atoms with Crippen LogP contribution < -0.4 is 0 Å². The van der Waals surface area contributed by atoms with E-state index in [2.05, 4.69) is 6.58 Å². The third kappa shape index (κ3) is 0.900. The molecule has 9 heavy (non-hydrogen) atoms. The van der Waals surface area contributed by atoms with Crippen LogP contribution in [0.4, 0.5) is 0 Å². The van der Waals surface area contributed by atoms with Crippen LogP contribution in [0.5, 0.6) is 0 Å². The van der Waals surface area contributed by atoms with Crippen molar-refractivity contribution in [3.8, 4) is 0 Å². The summed E-state index contributed by atoms with van der Waals surface area (Å²) in [6, 6.07) is 0. The molecule has 0 fully saturated rings. The van der Waals surface area contributed by atoms with Crippen molar-refractivity contribution in [3.05, 3.63) is 29.7 Å². The second kappa shape index (κ2) is 2.09. The van der Waals surface area contributed by atoms with E-state index in [4.69, 9.17) is 4.42 Å². The van der Waals surface area contributed by atoms with Gasteiger partial charge in [-0.25, -0.2) is 0 Å². The first-order chi connectivity index (χ1) is 4.25. The molecule has 0 aliphatic carbocycles. The molecule has 0 amide bonds. The van der Waals surface area contributed by atoms with Gasteiger partial charge in [0.25, 0.3) is 0 Å². The van der Waals surface area contributed by atoms with Crippen LogP contribution >= 0.6 is 0 Å². The fourth-order valence-corrected chi connectivity index (χ4v) is 0.724. The second-order valence-electron chi connectivity index (χ2n) is 2.11. The highest BCUT2D eigenvalue weighted by atomic mass is 16.3. The molecule has 1 heterocycles. The molecule has 0 saturated heterocycles. The molecule has 0 unspecified atom stereocenters. The van der Waals surface area contributed by atoms with Crippen LogP contribution in [0, 0.1) is 13.8 Å². The van der Waals surface area contributed by atoms with Gasteiger partial charge in [0.1, 0.15) is 5.76 Å². The van der Waals surface area contributed by atoms with Crippen LogP contribution in [-0.2, 0) is 0 Å². The molecule has 48 valence electrons. The van der Waals surface area contributed by atoms with Crippen LogP contribution in [-0.4, -0.2) is 0 Å². The maximum atomic E-state index is 5.13. The predicted octanol–water partition coefficient (Wildman–Crippen LogP) is 2.54. The Hall–Kier alpha value is -0.980. The van der Waals surface area contributed by atoms with E-state index in [-0.39, 0.29) is 0 Å². The van der Waals surface area contributed by atoms with Gasteiger partial charge in [0.2, 0.25) is 0 Å². The van der Waals surface area contributed by atoms with E-state index >= 15 is 0 Å². The van der Waals surface area contributed by atoms with Gasteiger partial charge in [-0.2, -0.15) is 0 Å². The Morgan fingerprint density at radius 2 is 2.22 bits per heavy atom. The summed E-state index contributed by atoms with van der Waals surface area (Å²) in [5.74, 6) is 0.882. The van der Waals surface area contributed by atoms with E-state index in [1.54, 1.807) is 12.3 Å². The minimum atomic E-state index is 0.882. The molecular formula is C8H10O. The Kier molecular flexibility index (Phi) is 1.43. The Balaban J connectivity index is 3.18. The first-order valence-corrected chi connectivity index (χ1v) is 2.93. The van der Waals surface area contributed by atoms with Crippen molar-refractivity contribution in [2.45, 2.75) is 13.8 Å². The fraction of sp³-hybridized carbons (Fsp3) is 0.250. The fourth-order valence-electron chi connectivity index (χ4n) is 0.724. The van der Waals surface area contributed by atoms with E-state index in [1.807, 2.05) is 13.8 Å². The number of hydrogen-bond donors (Lipinski definition) is 0. The molecule has 0 aliphatic heterocycles. The average molecular weight is 122 g/mol. The standard InChI is InChI=1S/C8H10O/c1-4-8-7(3)6(2)5-9-8/h4-5H,1H2,2-3H3. The second-order valence-corrected chi connectivity index (χ2v) is 2.11. The van der Waals surface area contributed by atoms with E-state index < -0.39 is 0 Å². The Bertz CT molecular complexity index is 220. The summed E-state index contributed by atoms with van der Waals surface area (Å²) in [6.07, 6.45) is 3.47. The molecule has 1 aromatic heterocycles. The van der Waals surface area contributed by atoms with Gasteiger partial charge >= 0.3 is 0 Å². The minimum absolute atomic E-state index is 0.882. The SMILES string of the molecule is C=Cc1occ(C)c1C. The maximum absolute atomic E-state index is 5.13. The maximum Gasteiger partial charge on any atom is 0.129 e. The van der Waals surface area contributed by atoms with E-state index in [0.29, 0.717) is 0 Å². The minimum Gasteiger partial charge on any atom is -0.464 e. The molecule has 1 rings (SSSR count). The molecule has 1 heteroatoms. The zero-order valence-electron chi connectivity index (χ0n) is 5.77. The first-order valence-electron chi connectivity index (χ1n) is 2.93. The van der Waals surface area contributed by atoms with Crippen LogP contribution in [0.2, 0.25) is 0 Å². The molecule has 0 saturated carbocycles. The van der Waals surface area contributed by atoms with Crippen molar-refractivity contribution in [2.75, 3.05) is 0 Å². The van der Waals surface area contributed by atoms with Crippen LogP contribution in [0.25, 0.3) is 6.08 Å². The van der Waals surface area contributed by atoms with Crippen molar-refractivity contribution < 1.29 is 4.42 Å². The topological polar surface area (TPSA) is 13.1 Å². The summed E-state index contributed by atoms with van der Waals surface area (Å²) < 4.78 is 5.13. The lowest BCUT2D eigenvalue weighted by Gasteiger charge is -1.85. The molecule has 0 aromatic carbocycles. The van der Waals surface area contributed by atoms with Crippen molar-refractivity contribution in [1.29, 1.82) is 0 Å². The molecule has 0 radical (unpaired) electrons. The van der Waals surface area contributed by atoms with Crippen molar-refractivity contribution in [1.82, 2.24) is 0 Å². The lowest BCUT2D eigenvalue weighted by Crippen LogP contribution is -1.71. The van der Waals surface area contributed by atoms with Gasteiger partial charge < -0.3 is 4.42 Å². The van der Waals surface area contributed by atoms with Gasteiger partial charge in [0, 0.05) is 0 Å². The lowest BCUT2D eigenvalue weighted by molar-refractivity contribution is 0.553. The van der Waals surface area contributed by atoms with Crippen molar-refractivity contribution in [3.63, 3.8) is 0 Å². The predicted molar refractivity (Wildman–Crippen MR) is 38.3 cm³/mol. The summed E-state index contributed by atoms with van der Waals surface area (Å²) in [6.45, 7) is 7.65. The molecule has 0 spiro atoms. The number of aryl methyl sites for hydroxylation is 1. The molecule has 1 nitrogen and oxygen atoms in total. The van der Waals surface area contributed by atoms with Gasteiger partial charge in [0.15, 0.2) is 0 Å². The Morgan fingerprint density at radius 1 is 1.56 bits per heavy atom. The van der Waals surface area contributed by atoms with Crippen LogP contribution in [0.3, 0.4) is 0 Å². The quantitative estimate of drug-likeness (QED) is 0.558. The third-order valence-corrected chi connectivity index (χ3v) is 1.51. The average Bonchev–Trinajstić information content (AvgIpc) is 2.15. The van der Waals surface area contributed by atoms with E-state index in [9.17, 15) is 0 Å². The highest BCUT2D eigenvalue weighted by Crippen LogP contribution is 2.14. The van der Waals surface area contributed by atoms with Gasteiger partial charge in [-0.1, -0.05) is 6.58 Å². The van der Waals surface area contributed by atoms with E-state index in [1.165, 1.54) is 11.1 Å². The molecular weight excluding hydrogens is 112 g/mol. The molecule has 0 aliphatic rings. The summed E-state index contributed by atoms with van der Waals surface area (Å²) in [7, 11) is 0. The van der Waals surface area contributed by atoms with Gasteiger partial charge in [0.05, 0.1) is 6.26 Å². The summed E-state index contributed by atoms with van der Waals surface area (Å²) in [5.41, 5.74) is 2.37. The Labute approximate surface area is 55.0 Å². The zero-order chi connectivity index (χ0) is 6.85. The Morgan fingerprint density at radius 3 is 2.44 bits per heavy atom. The summed E-state index contributed by atoms with van der Waals surface area (Å²) in [5, 5.41) is 0. The normalized spacial score (nSPS) is 9.56. The smallest absolute Gasteiger partial charge is 0.129 e. The van der Waals surface area contributed by atoms with Gasteiger partial charge in [-0.3, -0.25) is 0 Å². The molecule has 1 aromatic rings. The van der Waals surface area contributed by atoms with Gasteiger partial charge in [-0.05, 0) is 31.1 Å². The number of furan rings is 1. The first kappa shape index (κ1) is 6.14. The van der Waals surface area contributed by atoms with Crippen LogP contribution in [0.15, 0.2) is 17.3 Å². The third-order valence-electron chi connectivity index (χ3n) is 1.51. The largest absolute Gasteiger partial charge is 0.464 e. The monoisotopic (exact) mass is 122 g/mol. The summed E-state index contributed by atoms with van der Waals surface area (Å²) >= 11 is 0. The summed E-state index contributed by atoms with van der Waals surface area (Å²) in [4.78, 5) is 0. The highest BCUT2D eigenvalue weighted by molar-refractivity contribution is 5.46. The zero-order valence-corrected chi connectivity index (χ0v) is 5.77. The molecule has 0 N–H and O–H groups in total. The molecule has 0 atom stereocenters. The van der Waals surface area contributed by atoms with Crippen LogP contribution in [0.1, 0.15) is 16.9 Å². The van der Waals surface area contributed by atoms with Gasteiger partial charge in [-0.15, -0.1) is 0 Å². The lowest BCUT2D eigenvalue weighted by atomic mass is 10.2. The molecule has 0 bridgehead atoms. The van der Waals surface area contributed by atoms with E-state index in [0.717, 1.165) is 5.76 Å². The number of hydrogen-bond acceptors (Lipinski definition) is 1. The number of rotatable bonds is 1. The highest BCUT2D eigenvalue weighted by Gasteiger charge is 1.99. The van der Waals surface area contributed by atoms with Crippen molar-refractivity contribution in [2.24, 2.45) is 0 Å².